The summed E-state index contributed by atoms with van der Waals surface area (Å²) in [5, 5.41) is 0.266. The molecular formula is C16H14ClNO3. The number of nitrogens with one attached hydrogen (secondary N) is 1. The molecule has 2 rings (SSSR count). The number of aryl methyl sites for hydroxylation is 1. The van der Waals surface area contributed by atoms with Crippen LogP contribution < -0.4 is 5.76 Å². The van der Waals surface area contributed by atoms with Gasteiger partial charge in [0, 0.05) is 16.2 Å². The minimum atomic E-state index is -0.545. The Morgan fingerprint density at radius 3 is 2.76 bits per heavy atom. The lowest BCUT2D eigenvalue weighted by molar-refractivity contribution is 0.103. The number of rotatable bonds is 4. The number of aromatic nitrogens is 1. The van der Waals surface area contributed by atoms with Gasteiger partial charge in [0.05, 0.1) is 5.52 Å². The first kappa shape index (κ1) is 15.1. The average molecular weight is 304 g/mol. The summed E-state index contributed by atoms with van der Waals surface area (Å²) in [6.45, 7) is 7.16. The molecule has 0 unspecified atom stereocenters. The fourth-order valence-corrected chi connectivity index (χ4v) is 2.18. The number of Topliss-reactive ketones (excluding diaryl/α,β-unsaturated/α-hetero) is 1. The molecule has 1 heterocycles. The van der Waals surface area contributed by atoms with Crippen LogP contribution in [-0.2, 0) is 0 Å². The lowest BCUT2D eigenvalue weighted by atomic mass is 10.00. The highest BCUT2D eigenvalue weighted by Crippen LogP contribution is 2.21. The highest BCUT2D eigenvalue weighted by molar-refractivity contribution is 6.31. The van der Waals surface area contributed by atoms with Gasteiger partial charge in [0.2, 0.25) is 0 Å². The molecule has 2 aromatic rings. The quantitative estimate of drug-likeness (QED) is 0.530. The number of H-pyrrole nitrogens is 1. The SMILES string of the molecule is C=C(Cl)/C=C(\C=C/C)C(=O)c1cc(C)c2[nH]c(=O)oc2c1. The molecule has 1 aromatic carbocycles. The zero-order valence-corrected chi connectivity index (χ0v) is 12.5. The van der Waals surface area contributed by atoms with Crippen LogP contribution in [0, 0.1) is 6.92 Å². The fraction of sp³-hybridized carbons (Fsp3) is 0.125. The third kappa shape index (κ3) is 3.23. The highest BCUT2D eigenvalue weighted by atomic mass is 35.5. The lowest BCUT2D eigenvalue weighted by Gasteiger charge is -2.04. The average Bonchev–Trinajstić information content (AvgIpc) is 2.78. The van der Waals surface area contributed by atoms with Crippen LogP contribution in [0.1, 0.15) is 22.8 Å². The first-order valence-corrected chi connectivity index (χ1v) is 6.67. The van der Waals surface area contributed by atoms with E-state index in [4.69, 9.17) is 16.0 Å². The van der Waals surface area contributed by atoms with Crippen molar-refractivity contribution in [3.05, 3.63) is 69.2 Å². The van der Waals surface area contributed by atoms with Crippen molar-refractivity contribution >= 4 is 28.5 Å². The van der Waals surface area contributed by atoms with Crippen molar-refractivity contribution in [1.82, 2.24) is 4.98 Å². The third-order valence-corrected chi connectivity index (χ3v) is 3.02. The summed E-state index contributed by atoms with van der Waals surface area (Å²) in [7, 11) is 0. The summed E-state index contributed by atoms with van der Waals surface area (Å²) in [5.74, 6) is -0.764. The largest absolute Gasteiger partial charge is 0.417 e. The zero-order valence-electron chi connectivity index (χ0n) is 11.7. The van der Waals surface area contributed by atoms with Crippen LogP contribution in [0.3, 0.4) is 0 Å². The van der Waals surface area contributed by atoms with Crippen molar-refractivity contribution in [3.63, 3.8) is 0 Å². The Bertz CT molecular complexity index is 837. The predicted molar refractivity (Wildman–Crippen MR) is 83.8 cm³/mol. The standard InChI is InChI=1S/C16H14ClNO3/c1-4-5-11(7-10(3)17)15(19)12-6-9(2)14-13(8-12)21-16(20)18-14/h4-8H,3H2,1-2H3,(H,18,20)/b5-4-,11-7+. The van der Waals surface area contributed by atoms with Crippen molar-refractivity contribution in [3.8, 4) is 0 Å². The normalized spacial score (nSPS) is 12.2. The fourth-order valence-electron chi connectivity index (χ4n) is 2.06. The molecule has 0 aliphatic heterocycles. The van der Waals surface area contributed by atoms with Crippen LogP contribution in [0.25, 0.3) is 11.1 Å². The number of oxazole rings is 1. The Labute approximate surface area is 126 Å². The maximum Gasteiger partial charge on any atom is 0.417 e. The van der Waals surface area contributed by atoms with E-state index in [9.17, 15) is 9.59 Å². The van der Waals surface area contributed by atoms with Gasteiger partial charge in [-0.1, -0.05) is 30.3 Å². The van der Waals surface area contributed by atoms with Crippen LogP contribution in [0.4, 0.5) is 0 Å². The summed E-state index contributed by atoms with van der Waals surface area (Å²) in [6, 6.07) is 3.24. The molecule has 0 fully saturated rings. The second kappa shape index (κ2) is 5.97. The molecule has 4 nitrogen and oxygen atoms in total. The van der Waals surface area contributed by atoms with Gasteiger partial charge in [-0.25, -0.2) is 4.79 Å². The van der Waals surface area contributed by atoms with E-state index in [0.29, 0.717) is 22.2 Å². The highest BCUT2D eigenvalue weighted by Gasteiger charge is 2.14. The van der Waals surface area contributed by atoms with E-state index in [1.807, 2.05) is 0 Å². The van der Waals surface area contributed by atoms with Crippen LogP contribution >= 0.6 is 11.6 Å². The van der Waals surface area contributed by atoms with Gasteiger partial charge in [0.15, 0.2) is 11.4 Å². The zero-order chi connectivity index (χ0) is 15.6. The molecule has 21 heavy (non-hydrogen) atoms. The summed E-state index contributed by atoms with van der Waals surface area (Å²) in [5.41, 5.74) is 2.54. The molecule has 1 aromatic heterocycles. The Hall–Kier alpha value is -2.33. The van der Waals surface area contributed by atoms with E-state index in [-0.39, 0.29) is 10.8 Å². The number of carbonyl (C=O) groups excluding carboxylic acids is 1. The molecule has 0 aliphatic rings. The molecule has 0 saturated heterocycles. The molecule has 0 radical (unpaired) electrons. The van der Waals surface area contributed by atoms with Crippen LogP contribution in [0.15, 0.2) is 56.8 Å². The third-order valence-electron chi connectivity index (χ3n) is 2.91. The number of hydrogen-bond donors (Lipinski definition) is 1. The van der Waals surface area contributed by atoms with Crippen molar-refractivity contribution in [2.45, 2.75) is 13.8 Å². The van der Waals surface area contributed by atoms with E-state index < -0.39 is 5.76 Å². The van der Waals surface area contributed by atoms with Crippen molar-refractivity contribution < 1.29 is 9.21 Å². The van der Waals surface area contributed by atoms with Gasteiger partial charge in [-0.05, 0) is 37.6 Å². The van der Waals surface area contributed by atoms with E-state index in [2.05, 4.69) is 11.6 Å². The number of aromatic amines is 1. The Kier molecular flexibility index (Phi) is 4.29. The smallest absolute Gasteiger partial charge is 0.408 e. The maximum atomic E-state index is 12.5. The topological polar surface area (TPSA) is 63.1 Å². The Morgan fingerprint density at radius 2 is 2.14 bits per heavy atom. The second-order valence-electron chi connectivity index (χ2n) is 4.56. The van der Waals surface area contributed by atoms with Crippen molar-refractivity contribution in [2.24, 2.45) is 0 Å². The molecule has 108 valence electrons. The molecule has 0 bridgehead atoms. The van der Waals surface area contributed by atoms with E-state index >= 15 is 0 Å². The summed E-state index contributed by atoms with van der Waals surface area (Å²) >= 11 is 5.75. The van der Waals surface area contributed by atoms with Gasteiger partial charge in [-0.2, -0.15) is 0 Å². The van der Waals surface area contributed by atoms with Gasteiger partial charge in [0.25, 0.3) is 0 Å². The molecule has 0 atom stereocenters. The van der Waals surface area contributed by atoms with Crippen LogP contribution in [0.5, 0.6) is 0 Å². The first-order valence-electron chi connectivity index (χ1n) is 6.29. The molecule has 0 saturated carbocycles. The van der Waals surface area contributed by atoms with Crippen LogP contribution in [-0.4, -0.2) is 10.8 Å². The number of ketones is 1. The number of fused-ring (bicyclic) bond motifs is 1. The monoisotopic (exact) mass is 303 g/mol. The summed E-state index contributed by atoms with van der Waals surface area (Å²) in [6.07, 6.45) is 4.89. The Morgan fingerprint density at radius 1 is 1.43 bits per heavy atom. The summed E-state index contributed by atoms with van der Waals surface area (Å²) in [4.78, 5) is 26.4. The first-order chi connectivity index (χ1) is 9.92. The van der Waals surface area contributed by atoms with Gasteiger partial charge >= 0.3 is 5.76 Å². The molecule has 5 heteroatoms. The predicted octanol–water partition coefficient (Wildman–Crippen LogP) is 3.87. The minimum absolute atomic E-state index is 0.219. The van der Waals surface area contributed by atoms with Gasteiger partial charge in [0.1, 0.15) is 0 Å². The van der Waals surface area contributed by atoms with Crippen molar-refractivity contribution in [2.75, 3.05) is 0 Å². The van der Waals surface area contributed by atoms with E-state index in [1.54, 1.807) is 32.1 Å². The molecular weight excluding hydrogens is 290 g/mol. The number of hydrogen-bond acceptors (Lipinski definition) is 3. The van der Waals surface area contributed by atoms with Gasteiger partial charge in [-0.15, -0.1) is 0 Å². The lowest BCUT2D eigenvalue weighted by Crippen LogP contribution is -2.02. The number of benzene rings is 1. The molecule has 0 spiro atoms. The second-order valence-corrected chi connectivity index (χ2v) is 5.04. The maximum absolute atomic E-state index is 12.5. The van der Waals surface area contributed by atoms with Crippen LogP contribution in [0.2, 0.25) is 0 Å². The van der Waals surface area contributed by atoms with E-state index in [1.165, 1.54) is 12.1 Å². The Balaban J connectivity index is 2.57. The number of carbonyl (C=O) groups is 1. The van der Waals surface area contributed by atoms with Gasteiger partial charge in [-0.3, -0.25) is 9.78 Å². The van der Waals surface area contributed by atoms with E-state index in [0.717, 1.165) is 5.56 Å². The molecule has 0 amide bonds. The van der Waals surface area contributed by atoms with Gasteiger partial charge < -0.3 is 4.42 Å². The molecule has 1 N–H and O–H groups in total. The minimum Gasteiger partial charge on any atom is -0.408 e. The number of allylic oxidation sites excluding steroid dienone is 5. The number of halogens is 1. The molecule has 0 aliphatic carbocycles. The van der Waals surface area contributed by atoms with Crippen molar-refractivity contribution in [1.29, 1.82) is 0 Å². The summed E-state index contributed by atoms with van der Waals surface area (Å²) < 4.78 is 5.02.